The molecule has 0 unspecified atom stereocenters. The van der Waals surface area contributed by atoms with E-state index in [1.807, 2.05) is 0 Å². The highest BCUT2D eigenvalue weighted by Crippen LogP contribution is 2.45. The monoisotopic (exact) mass is 392 g/mol. The molecule has 4 N–H and O–H groups in total. The lowest BCUT2D eigenvalue weighted by molar-refractivity contribution is -0.147. The Bertz CT molecular complexity index is 804. The number of ether oxygens (including phenoxy) is 1. The second kappa shape index (κ2) is 6.91. The zero-order valence-electron chi connectivity index (χ0n) is 15.2. The molecule has 146 valence electrons. The van der Waals surface area contributed by atoms with Crippen LogP contribution in [-0.2, 0) is 27.2 Å². The molecule has 2 bridgehead atoms. The lowest BCUT2D eigenvalue weighted by Gasteiger charge is -2.23. The zero-order chi connectivity index (χ0) is 19.3. The number of hydrogen-bond acceptors (Lipinski definition) is 5. The highest BCUT2D eigenvalue weighted by molar-refractivity contribution is 7.17. The van der Waals surface area contributed by atoms with Gasteiger partial charge in [0.05, 0.1) is 29.6 Å². The van der Waals surface area contributed by atoms with E-state index >= 15 is 0 Å². The van der Waals surface area contributed by atoms with Crippen molar-refractivity contribution in [3.8, 4) is 0 Å². The molecule has 1 aromatic rings. The molecule has 1 aliphatic carbocycles. The molecule has 7 nitrogen and oxygen atoms in total. The molecule has 2 fully saturated rings. The van der Waals surface area contributed by atoms with Crippen molar-refractivity contribution in [3.05, 3.63) is 16.0 Å². The van der Waals surface area contributed by atoms with Gasteiger partial charge in [-0.2, -0.15) is 0 Å². The van der Waals surface area contributed by atoms with Crippen LogP contribution in [0.25, 0.3) is 0 Å². The summed E-state index contributed by atoms with van der Waals surface area (Å²) in [7, 11) is 0. The lowest BCUT2D eigenvalue weighted by atomic mass is 9.78. The number of amides is 2. The first-order chi connectivity index (χ1) is 12.9. The van der Waals surface area contributed by atoms with Crippen molar-refractivity contribution in [1.29, 1.82) is 0 Å². The minimum absolute atomic E-state index is 0.368. The third kappa shape index (κ3) is 3.04. The van der Waals surface area contributed by atoms with Crippen LogP contribution in [0.2, 0.25) is 0 Å². The Morgan fingerprint density at radius 3 is 2.56 bits per heavy atom. The van der Waals surface area contributed by atoms with Crippen LogP contribution >= 0.6 is 11.3 Å². The van der Waals surface area contributed by atoms with Crippen molar-refractivity contribution in [3.63, 3.8) is 0 Å². The molecular formula is C19H24N2O5S. The third-order valence-corrected chi connectivity index (χ3v) is 7.46. The molecule has 0 aromatic carbocycles. The molecule has 27 heavy (non-hydrogen) atoms. The molecule has 2 saturated heterocycles. The van der Waals surface area contributed by atoms with Crippen LogP contribution in [0.3, 0.4) is 0 Å². The van der Waals surface area contributed by atoms with Gasteiger partial charge in [-0.1, -0.05) is 13.3 Å². The van der Waals surface area contributed by atoms with Gasteiger partial charge in [0, 0.05) is 4.88 Å². The van der Waals surface area contributed by atoms with E-state index in [1.54, 1.807) is 0 Å². The summed E-state index contributed by atoms with van der Waals surface area (Å²) in [5, 5.41) is 12.8. The van der Waals surface area contributed by atoms with E-state index in [-0.39, 0.29) is 12.0 Å². The molecule has 4 rings (SSSR count). The number of aliphatic carboxylic acids is 1. The zero-order valence-corrected chi connectivity index (χ0v) is 16.0. The van der Waals surface area contributed by atoms with Gasteiger partial charge < -0.3 is 20.9 Å². The average molecular weight is 392 g/mol. The van der Waals surface area contributed by atoms with E-state index in [0.29, 0.717) is 29.3 Å². The number of nitrogens with two attached hydrogens (primary N) is 1. The summed E-state index contributed by atoms with van der Waals surface area (Å²) >= 11 is 1.41. The highest BCUT2D eigenvalue weighted by Gasteiger charge is 2.55. The Kier molecular flexibility index (Phi) is 4.71. The van der Waals surface area contributed by atoms with Crippen LogP contribution < -0.4 is 11.1 Å². The first-order valence-corrected chi connectivity index (χ1v) is 10.4. The molecule has 0 radical (unpaired) electrons. The standard InChI is InChI=1S/C19H24N2O5S/c1-2-8-3-4-9-12(7-8)27-18(13(9)16(20)22)21-17(23)14-10-5-6-11(26-10)15(14)19(24)25/h8,10-11,14-15H,2-7H2,1H3,(H2,20,22)(H,21,23)(H,24,25)/t8-,10-,11+,14+,15-/m0/s1. The van der Waals surface area contributed by atoms with E-state index < -0.39 is 29.8 Å². The smallest absolute Gasteiger partial charge is 0.310 e. The minimum atomic E-state index is -1.01. The van der Waals surface area contributed by atoms with Crippen molar-refractivity contribution in [2.24, 2.45) is 23.5 Å². The molecule has 3 aliphatic rings. The van der Waals surface area contributed by atoms with Gasteiger partial charge in [-0.3, -0.25) is 14.4 Å². The number of thiophene rings is 1. The molecular weight excluding hydrogens is 368 g/mol. The van der Waals surface area contributed by atoms with Crippen LogP contribution in [0.1, 0.15) is 53.4 Å². The first-order valence-electron chi connectivity index (χ1n) is 9.54. The number of nitrogens with one attached hydrogen (secondary N) is 1. The Morgan fingerprint density at radius 2 is 1.93 bits per heavy atom. The van der Waals surface area contributed by atoms with E-state index in [0.717, 1.165) is 36.1 Å². The number of carbonyl (C=O) groups is 3. The number of fused-ring (bicyclic) bond motifs is 3. The maximum Gasteiger partial charge on any atom is 0.310 e. The van der Waals surface area contributed by atoms with E-state index in [9.17, 15) is 19.5 Å². The Balaban J connectivity index is 1.61. The molecule has 0 spiro atoms. The van der Waals surface area contributed by atoms with Crippen LogP contribution in [0.4, 0.5) is 5.00 Å². The summed E-state index contributed by atoms with van der Waals surface area (Å²) in [4.78, 5) is 37.7. The molecule has 2 aliphatic heterocycles. The maximum absolute atomic E-state index is 12.9. The van der Waals surface area contributed by atoms with E-state index in [1.165, 1.54) is 11.3 Å². The van der Waals surface area contributed by atoms with Gasteiger partial charge in [0.1, 0.15) is 5.00 Å². The van der Waals surface area contributed by atoms with Gasteiger partial charge in [0.25, 0.3) is 5.91 Å². The molecule has 8 heteroatoms. The lowest BCUT2D eigenvalue weighted by Crippen LogP contribution is -2.41. The van der Waals surface area contributed by atoms with Crippen LogP contribution in [0.15, 0.2) is 0 Å². The fraction of sp³-hybridized carbons (Fsp3) is 0.632. The van der Waals surface area contributed by atoms with Gasteiger partial charge >= 0.3 is 5.97 Å². The average Bonchev–Trinajstić information content (AvgIpc) is 3.32. The van der Waals surface area contributed by atoms with Crippen molar-refractivity contribution in [1.82, 2.24) is 0 Å². The predicted octanol–water partition coefficient (Wildman–Crippen LogP) is 2.18. The number of anilines is 1. The minimum Gasteiger partial charge on any atom is -0.481 e. The Labute approximate surface area is 161 Å². The second-order valence-electron chi connectivity index (χ2n) is 7.76. The first kappa shape index (κ1) is 18.4. The Hall–Kier alpha value is -1.93. The quantitative estimate of drug-likeness (QED) is 0.710. The number of rotatable bonds is 5. The second-order valence-corrected chi connectivity index (χ2v) is 8.86. The van der Waals surface area contributed by atoms with Gasteiger partial charge in [0.15, 0.2) is 0 Å². The molecule has 2 amide bonds. The number of carbonyl (C=O) groups excluding carboxylic acids is 2. The van der Waals surface area contributed by atoms with Crippen molar-refractivity contribution < 1.29 is 24.2 Å². The summed E-state index contributed by atoms with van der Waals surface area (Å²) in [5.41, 5.74) is 6.96. The fourth-order valence-corrected chi connectivity index (χ4v) is 6.24. The fourth-order valence-electron chi connectivity index (χ4n) is 4.87. The summed E-state index contributed by atoms with van der Waals surface area (Å²) < 4.78 is 5.68. The van der Waals surface area contributed by atoms with Crippen LogP contribution in [0, 0.1) is 17.8 Å². The molecule has 5 atom stereocenters. The van der Waals surface area contributed by atoms with Crippen molar-refractivity contribution in [2.45, 2.75) is 57.7 Å². The third-order valence-electron chi connectivity index (χ3n) is 6.29. The largest absolute Gasteiger partial charge is 0.481 e. The summed E-state index contributed by atoms with van der Waals surface area (Å²) in [6.07, 6.45) is 4.35. The van der Waals surface area contributed by atoms with E-state index in [4.69, 9.17) is 10.5 Å². The summed E-state index contributed by atoms with van der Waals surface area (Å²) in [5.74, 6) is -2.92. The van der Waals surface area contributed by atoms with Gasteiger partial charge in [-0.05, 0) is 43.6 Å². The highest BCUT2D eigenvalue weighted by atomic mass is 32.1. The number of carboxylic acid groups (broad SMARTS) is 1. The predicted molar refractivity (Wildman–Crippen MR) is 99.8 cm³/mol. The normalized spacial score (nSPS) is 31.5. The summed E-state index contributed by atoms with van der Waals surface area (Å²) in [6.45, 7) is 2.15. The van der Waals surface area contributed by atoms with Gasteiger partial charge in [0.2, 0.25) is 5.91 Å². The van der Waals surface area contributed by atoms with Crippen molar-refractivity contribution in [2.75, 3.05) is 5.32 Å². The van der Waals surface area contributed by atoms with Gasteiger partial charge in [-0.15, -0.1) is 11.3 Å². The number of primary amides is 1. The Morgan fingerprint density at radius 1 is 1.22 bits per heavy atom. The molecule has 0 saturated carbocycles. The van der Waals surface area contributed by atoms with Crippen molar-refractivity contribution >= 4 is 34.1 Å². The van der Waals surface area contributed by atoms with Gasteiger partial charge in [-0.25, -0.2) is 0 Å². The summed E-state index contributed by atoms with van der Waals surface area (Å²) in [6, 6.07) is 0. The SMILES string of the molecule is CC[C@H]1CCc2c(sc(NC(=O)[C@H]3[C@@H](C(=O)O)[C@H]4CC[C@@H]3O4)c2C(N)=O)C1. The topological polar surface area (TPSA) is 119 Å². The number of hydrogen-bond donors (Lipinski definition) is 3. The van der Waals surface area contributed by atoms with E-state index in [2.05, 4.69) is 12.2 Å². The van der Waals surface area contributed by atoms with Crippen LogP contribution in [-0.4, -0.2) is 35.1 Å². The molecule has 3 heterocycles. The van der Waals surface area contributed by atoms with Crippen LogP contribution in [0.5, 0.6) is 0 Å². The number of carboxylic acids is 1. The maximum atomic E-state index is 12.9. The molecule has 1 aromatic heterocycles.